The lowest BCUT2D eigenvalue weighted by Crippen LogP contribution is -2.64. The van der Waals surface area contributed by atoms with Crippen molar-refractivity contribution in [2.45, 2.75) is 50.2 Å². The SMILES string of the molecule is O=C1CN(C2CCCCC2)[C@@H]2CS(=O)(=O)C[C@@H]2N1c1ccccc1. The molecule has 1 aromatic rings. The molecule has 1 aromatic carbocycles. The molecule has 1 aliphatic carbocycles. The van der Waals surface area contributed by atoms with Crippen molar-refractivity contribution >= 4 is 21.4 Å². The third-order valence-electron chi connectivity index (χ3n) is 5.72. The Balaban J connectivity index is 1.68. The fourth-order valence-electron chi connectivity index (χ4n) is 4.65. The normalized spacial score (nSPS) is 31.2. The smallest absolute Gasteiger partial charge is 0.241 e. The number of benzene rings is 1. The zero-order valence-corrected chi connectivity index (χ0v) is 14.6. The van der Waals surface area contributed by atoms with E-state index in [0.29, 0.717) is 12.6 Å². The molecule has 5 nitrogen and oxygen atoms in total. The topological polar surface area (TPSA) is 57.7 Å². The van der Waals surface area contributed by atoms with E-state index in [1.54, 1.807) is 4.90 Å². The molecule has 0 spiro atoms. The van der Waals surface area contributed by atoms with Gasteiger partial charge < -0.3 is 4.90 Å². The molecule has 2 heterocycles. The molecule has 2 aliphatic heterocycles. The molecule has 130 valence electrons. The Kier molecular flexibility index (Phi) is 4.12. The third-order valence-corrected chi connectivity index (χ3v) is 7.41. The molecule has 1 amide bonds. The van der Waals surface area contributed by atoms with Gasteiger partial charge in [0.15, 0.2) is 9.84 Å². The van der Waals surface area contributed by atoms with Crippen LogP contribution in [0.2, 0.25) is 0 Å². The van der Waals surface area contributed by atoms with E-state index >= 15 is 0 Å². The number of piperazine rings is 1. The average molecular weight is 348 g/mol. The molecule has 2 saturated heterocycles. The molecule has 0 aromatic heterocycles. The second-order valence-corrected chi connectivity index (χ2v) is 9.43. The Morgan fingerprint density at radius 2 is 1.58 bits per heavy atom. The maximum atomic E-state index is 12.9. The summed E-state index contributed by atoms with van der Waals surface area (Å²) >= 11 is 0. The number of carbonyl (C=O) groups excluding carboxylic acids is 1. The second kappa shape index (κ2) is 6.15. The van der Waals surface area contributed by atoms with Gasteiger partial charge in [0.1, 0.15) is 0 Å². The Hall–Kier alpha value is -1.40. The van der Waals surface area contributed by atoms with Gasteiger partial charge >= 0.3 is 0 Å². The van der Waals surface area contributed by atoms with Crippen LogP contribution in [0.25, 0.3) is 0 Å². The van der Waals surface area contributed by atoms with E-state index in [1.165, 1.54) is 19.3 Å². The van der Waals surface area contributed by atoms with Crippen LogP contribution in [0.1, 0.15) is 32.1 Å². The Bertz CT molecular complexity index is 713. The lowest BCUT2D eigenvalue weighted by Gasteiger charge is -2.47. The van der Waals surface area contributed by atoms with Crippen LogP contribution < -0.4 is 4.90 Å². The van der Waals surface area contributed by atoms with Crippen LogP contribution >= 0.6 is 0 Å². The maximum absolute atomic E-state index is 12.9. The minimum absolute atomic E-state index is 0.0325. The van der Waals surface area contributed by atoms with Gasteiger partial charge in [0.05, 0.1) is 24.1 Å². The van der Waals surface area contributed by atoms with Crippen molar-refractivity contribution in [2.24, 2.45) is 0 Å². The molecule has 0 radical (unpaired) electrons. The highest BCUT2D eigenvalue weighted by molar-refractivity contribution is 7.91. The summed E-state index contributed by atoms with van der Waals surface area (Å²) in [6.07, 6.45) is 5.79. The molecule has 24 heavy (non-hydrogen) atoms. The maximum Gasteiger partial charge on any atom is 0.241 e. The number of amides is 1. The number of sulfone groups is 1. The number of rotatable bonds is 2. The molecular weight excluding hydrogens is 324 g/mol. The fraction of sp³-hybridized carbons (Fsp3) is 0.611. The molecular formula is C18H24N2O3S. The van der Waals surface area contributed by atoms with Crippen molar-refractivity contribution in [3.8, 4) is 0 Å². The van der Waals surface area contributed by atoms with Gasteiger partial charge in [0, 0.05) is 17.8 Å². The van der Waals surface area contributed by atoms with E-state index in [2.05, 4.69) is 4.90 Å². The van der Waals surface area contributed by atoms with Gasteiger partial charge in [-0.05, 0) is 25.0 Å². The van der Waals surface area contributed by atoms with Crippen molar-refractivity contribution < 1.29 is 13.2 Å². The van der Waals surface area contributed by atoms with Gasteiger partial charge in [0.2, 0.25) is 5.91 Å². The predicted molar refractivity (Wildman–Crippen MR) is 93.7 cm³/mol. The van der Waals surface area contributed by atoms with Crippen LogP contribution in [0.4, 0.5) is 5.69 Å². The van der Waals surface area contributed by atoms with E-state index in [-0.39, 0.29) is 29.5 Å². The Labute approximate surface area is 143 Å². The minimum atomic E-state index is -3.10. The van der Waals surface area contributed by atoms with Crippen LogP contribution in [0.5, 0.6) is 0 Å². The summed E-state index contributed by atoms with van der Waals surface area (Å²) in [4.78, 5) is 16.9. The predicted octanol–water partition coefficient (Wildman–Crippen LogP) is 1.83. The van der Waals surface area contributed by atoms with E-state index in [0.717, 1.165) is 18.5 Å². The van der Waals surface area contributed by atoms with Gasteiger partial charge in [0.25, 0.3) is 0 Å². The number of hydrogen-bond donors (Lipinski definition) is 0. The van der Waals surface area contributed by atoms with Crippen molar-refractivity contribution in [1.29, 1.82) is 0 Å². The number of hydrogen-bond acceptors (Lipinski definition) is 4. The van der Waals surface area contributed by atoms with Crippen molar-refractivity contribution in [3.05, 3.63) is 30.3 Å². The molecule has 0 N–H and O–H groups in total. The molecule has 4 rings (SSSR count). The quantitative estimate of drug-likeness (QED) is 0.818. The van der Waals surface area contributed by atoms with Crippen molar-refractivity contribution in [1.82, 2.24) is 4.90 Å². The average Bonchev–Trinajstić information content (AvgIpc) is 2.90. The standard InChI is InChI=1S/C18H24N2O3S/c21-18-11-19(14-7-3-1-4-8-14)16-12-24(22,23)13-17(16)20(18)15-9-5-2-6-10-15/h2,5-6,9-10,14,16-17H,1,3-4,7-8,11-13H2/t16-,17+/m1/s1. The number of para-hydroxylation sites is 1. The van der Waals surface area contributed by atoms with Gasteiger partial charge in [-0.25, -0.2) is 8.42 Å². The summed E-state index contributed by atoms with van der Waals surface area (Å²) in [6, 6.07) is 9.56. The second-order valence-electron chi connectivity index (χ2n) is 7.28. The van der Waals surface area contributed by atoms with Crippen LogP contribution in [-0.2, 0) is 14.6 Å². The number of carbonyl (C=O) groups is 1. The molecule has 1 saturated carbocycles. The first-order valence-corrected chi connectivity index (χ1v) is 10.7. The Morgan fingerprint density at radius 1 is 0.917 bits per heavy atom. The molecule has 0 bridgehead atoms. The molecule has 3 aliphatic rings. The molecule has 3 fully saturated rings. The number of nitrogens with zero attached hydrogens (tertiary/aromatic N) is 2. The Morgan fingerprint density at radius 3 is 2.29 bits per heavy atom. The third kappa shape index (κ3) is 2.86. The minimum Gasteiger partial charge on any atom is -0.306 e. The van der Waals surface area contributed by atoms with E-state index in [9.17, 15) is 13.2 Å². The molecule has 0 unspecified atom stereocenters. The van der Waals surface area contributed by atoms with Gasteiger partial charge in [-0.15, -0.1) is 0 Å². The van der Waals surface area contributed by atoms with Crippen molar-refractivity contribution in [3.63, 3.8) is 0 Å². The first kappa shape index (κ1) is 16.1. The number of anilines is 1. The highest BCUT2D eigenvalue weighted by Gasteiger charge is 2.51. The summed E-state index contributed by atoms with van der Waals surface area (Å²) in [6.45, 7) is 0.343. The van der Waals surface area contributed by atoms with Gasteiger partial charge in [-0.2, -0.15) is 0 Å². The van der Waals surface area contributed by atoms with Gasteiger partial charge in [-0.1, -0.05) is 37.5 Å². The zero-order valence-electron chi connectivity index (χ0n) is 13.8. The van der Waals surface area contributed by atoms with E-state index < -0.39 is 9.84 Å². The first-order chi connectivity index (χ1) is 11.6. The van der Waals surface area contributed by atoms with E-state index in [1.807, 2.05) is 30.3 Å². The molecule has 6 heteroatoms. The van der Waals surface area contributed by atoms with E-state index in [4.69, 9.17) is 0 Å². The highest BCUT2D eigenvalue weighted by atomic mass is 32.2. The lowest BCUT2D eigenvalue weighted by atomic mass is 9.91. The fourth-order valence-corrected chi connectivity index (χ4v) is 6.61. The van der Waals surface area contributed by atoms with Crippen molar-refractivity contribution in [2.75, 3.05) is 23.0 Å². The number of fused-ring (bicyclic) bond motifs is 1. The monoisotopic (exact) mass is 348 g/mol. The van der Waals surface area contributed by atoms with Crippen LogP contribution in [0.3, 0.4) is 0 Å². The summed E-state index contributed by atoms with van der Waals surface area (Å²) < 4.78 is 24.7. The van der Waals surface area contributed by atoms with Gasteiger partial charge in [-0.3, -0.25) is 9.69 Å². The highest BCUT2D eigenvalue weighted by Crippen LogP contribution is 2.35. The lowest BCUT2D eigenvalue weighted by molar-refractivity contribution is -0.124. The largest absolute Gasteiger partial charge is 0.306 e. The zero-order chi connectivity index (χ0) is 16.7. The summed E-state index contributed by atoms with van der Waals surface area (Å²) in [5.41, 5.74) is 0.817. The summed E-state index contributed by atoms with van der Waals surface area (Å²) in [5, 5.41) is 0. The van der Waals surface area contributed by atoms with Crippen LogP contribution in [-0.4, -0.2) is 55.4 Å². The first-order valence-electron chi connectivity index (χ1n) is 8.88. The van der Waals surface area contributed by atoms with Crippen LogP contribution in [0.15, 0.2) is 30.3 Å². The van der Waals surface area contributed by atoms with Crippen LogP contribution in [0, 0.1) is 0 Å². The summed E-state index contributed by atoms with van der Waals surface area (Å²) in [5.74, 6) is 0.303. The molecule has 2 atom stereocenters. The summed E-state index contributed by atoms with van der Waals surface area (Å²) in [7, 11) is -3.10.